The summed E-state index contributed by atoms with van der Waals surface area (Å²) in [7, 11) is 0. The fourth-order valence-electron chi connectivity index (χ4n) is 4.67. The van der Waals surface area contributed by atoms with E-state index in [9.17, 15) is 27.2 Å². The van der Waals surface area contributed by atoms with Gasteiger partial charge in [-0.3, -0.25) is 14.5 Å². The molecular formula is C31H27F4N5O3S. The number of rotatable bonds is 9. The van der Waals surface area contributed by atoms with Crippen molar-refractivity contribution in [2.45, 2.75) is 45.4 Å². The first kappa shape index (κ1) is 30.9. The van der Waals surface area contributed by atoms with Crippen molar-refractivity contribution < 1.29 is 31.9 Å². The van der Waals surface area contributed by atoms with Gasteiger partial charge in [0.25, 0.3) is 0 Å². The summed E-state index contributed by atoms with van der Waals surface area (Å²) >= 11 is 1.18. The fraction of sp³-hybridized carbons (Fsp3) is 0.258. The molecule has 0 saturated carbocycles. The highest BCUT2D eigenvalue weighted by Crippen LogP contribution is 2.34. The number of amidine groups is 1. The van der Waals surface area contributed by atoms with E-state index in [1.807, 2.05) is 38.1 Å². The number of nitrogens with zero attached hydrogens (tertiary/aromatic N) is 5. The highest BCUT2D eigenvalue weighted by molar-refractivity contribution is 8.15. The number of amides is 2. The van der Waals surface area contributed by atoms with E-state index >= 15 is 0 Å². The van der Waals surface area contributed by atoms with Crippen LogP contribution in [0.2, 0.25) is 0 Å². The largest absolute Gasteiger partial charge is 0.573 e. The monoisotopic (exact) mass is 625 g/mol. The lowest BCUT2D eigenvalue weighted by molar-refractivity contribution is -0.274. The minimum Gasteiger partial charge on any atom is -0.406 e. The van der Waals surface area contributed by atoms with E-state index in [1.165, 1.54) is 64.1 Å². The normalized spacial score (nSPS) is 14.6. The van der Waals surface area contributed by atoms with Gasteiger partial charge in [0.1, 0.15) is 17.9 Å². The molecule has 0 spiro atoms. The first-order chi connectivity index (χ1) is 21.0. The molecule has 3 aromatic carbocycles. The quantitative estimate of drug-likeness (QED) is 0.185. The maximum Gasteiger partial charge on any atom is 0.573 e. The molecule has 44 heavy (non-hydrogen) atoms. The zero-order valence-corrected chi connectivity index (χ0v) is 24.5. The van der Waals surface area contributed by atoms with Gasteiger partial charge in [-0.1, -0.05) is 43.8 Å². The van der Waals surface area contributed by atoms with Crippen LogP contribution < -0.4 is 9.64 Å². The predicted octanol–water partition coefficient (Wildman–Crippen LogP) is 7.08. The number of carbonyl (C=O) groups is 2. The van der Waals surface area contributed by atoms with Crippen LogP contribution in [0, 0.1) is 5.82 Å². The molecule has 8 nitrogen and oxygen atoms in total. The summed E-state index contributed by atoms with van der Waals surface area (Å²) in [5, 5.41) is 4.73. The van der Waals surface area contributed by atoms with Crippen LogP contribution in [0.5, 0.6) is 5.75 Å². The predicted molar refractivity (Wildman–Crippen MR) is 159 cm³/mol. The molecule has 4 aromatic rings. The summed E-state index contributed by atoms with van der Waals surface area (Å²) < 4.78 is 56.5. The molecule has 1 saturated heterocycles. The van der Waals surface area contributed by atoms with Crippen LogP contribution in [0.3, 0.4) is 0 Å². The lowest BCUT2D eigenvalue weighted by Gasteiger charge is -2.21. The molecule has 0 unspecified atom stereocenters. The summed E-state index contributed by atoms with van der Waals surface area (Å²) in [5.41, 5.74) is 3.39. The number of aliphatic imine (C=N–C) groups is 1. The Morgan fingerprint density at radius 2 is 1.86 bits per heavy atom. The molecule has 2 amide bonds. The van der Waals surface area contributed by atoms with Crippen molar-refractivity contribution in [2.75, 3.05) is 10.7 Å². The molecule has 0 radical (unpaired) electrons. The van der Waals surface area contributed by atoms with Gasteiger partial charge in [0.2, 0.25) is 11.8 Å². The van der Waals surface area contributed by atoms with Crippen LogP contribution in [0.15, 0.2) is 78.0 Å². The molecule has 0 bridgehead atoms. The third-order valence-corrected chi connectivity index (χ3v) is 7.63. The van der Waals surface area contributed by atoms with Gasteiger partial charge >= 0.3 is 6.36 Å². The topological polar surface area (TPSA) is 89.7 Å². The zero-order valence-electron chi connectivity index (χ0n) is 23.7. The van der Waals surface area contributed by atoms with E-state index < -0.39 is 12.2 Å². The van der Waals surface area contributed by atoms with E-state index in [0.29, 0.717) is 40.8 Å². The van der Waals surface area contributed by atoms with Gasteiger partial charge < -0.3 is 4.74 Å². The molecule has 1 aliphatic heterocycles. The number of aryl methyl sites for hydroxylation is 1. The Hall–Kier alpha value is -4.52. The molecule has 0 N–H and O–H groups in total. The summed E-state index contributed by atoms with van der Waals surface area (Å²) in [5.74, 6) is -0.763. The average molecular weight is 626 g/mol. The number of anilines is 1. The second-order valence-corrected chi connectivity index (χ2v) is 11.2. The number of hydrogen-bond donors (Lipinski definition) is 0. The van der Waals surface area contributed by atoms with Crippen LogP contribution in [0.4, 0.5) is 23.2 Å². The Labute approximate surface area is 254 Å². The van der Waals surface area contributed by atoms with Crippen LogP contribution in [0.1, 0.15) is 43.7 Å². The Balaban J connectivity index is 1.21. The number of hydrogen-bond acceptors (Lipinski definition) is 6. The minimum atomic E-state index is -4.77. The first-order valence-electron chi connectivity index (χ1n) is 13.7. The molecule has 1 aromatic heterocycles. The molecule has 5 rings (SSSR count). The molecule has 13 heteroatoms. The van der Waals surface area contributed by atoms with E-state index in [1.54, 1.807) is 6.07 Å². The van der Waals surface area contributed by atoms with E-state index in [-0.39, 0.29) is 35.7 Å². The average Bonchev–Trinajstić information content (AvgIpc) is 3.60. The molecule has 1 aliphatic rings. The maximum absolute atomic E-state index is 13.9. The fourth-order valence-corrected chi connectivity index (χ4v) is 5.54. The maximum atomic E-state index is 13.9. The van der Waals surface area contributed by atoms with E-state index in [4.69, 9.17) is 0 Å². The van der Waals surface area contributed by atoms with Gasteiger partial charge in [-0.25, -0.2) is 14.1 Å². The van der Waals surface area contributed by atoms with Gasteiger partial charge in [0.15, 0.2) is 11.0 Å². The second-order valence-electron chi connectivity index (χ2n) is 10.3. The molecule has 2 heterocycles. The van der Waals surface area contributed by atoms with Crippen molar-refractivity contribution >= 4 is 34.4 Å². The SMILES string of the molecule is CC(C)c1cc(F)ccc1N1C(=O)CSC1=NC(=O)CCCc1cccc(-c2ncn(-c3ccc(OC(F)(F)F)cc3)n2)c1. The van der Waals surface area contributed by atoms with Crippen molar-refractivity contribution in [1.82, 2.24) is 14.8 Å². The highest BCUT2D eigenvalue weighted by Gasteiger charge is 2.33. The van der Waals surface area contributed by atoms with Gasteiger partial charge in [-0.15, -0.1) is 18.3 Å². The third kappa shape index (κ3) is 7.51. The number of benzene rings is 3. The number of aromatic nitrogens is 3. The van der Waals surface area contributed by atoms with Gasteiger partial charge in [-0.05, 0) is 78.4 Å². The first-order valence-corrected chi connectivity index (χ1v) is 14.7. The van der Waals surface area contributed by atoms with Crippen LogP contribution >= 0.6 is 11.8 Å². The summed E-state index contributed by atoms with van der Waals surface area (Å²) in [6.07, 6.45) is -2.05. The molecule has 1 fully saturated rings. The van der Waals surface area contributed by atoms with E-state index in [2.05, 4.69) is 19.8 Å². The zero-order chi connectivity index (χ0) is 31.4. The van der Waals surface area contributed by atoms with Crippen molar-refractivity contribution in [2.24, 2.45) is 4.99 Å². The Kier molecular flexibility index (Phi) is 9.14. The van der Waals surface area contributed by atoms with Crippen LogP contribution in [0.25, 0.3) is 17.1 Å². The number of thioether (sulfide) groups is 1. The summed E-state index contributed by atoms with van der Waals surface area (Å²) in [6.45, 7) is 3.81. The Morgan fingerprint density at radius 3 is 2.59 bits per heavy atom. The number of ether oxygens (including phenoxy) is 1. The van der Waals surface area contributed by atoms with Gasteiger partial charge in [0.05, 0.1) is 17.1 Å². The van der Waals surface area contributed by atoms with Crippen molar-refractivity contribution in [1.29, 1.82) is 0 Å². The lowest BCUT2D eigenvalue weighted by atomic mass is 10.0. The van der Waals surface area contributed by atoms with E-state index in [0.717, 1.165) is 11.1 Å². The van der Waals surface area contributed by atoms with Crippen molar-refractivity contribution in [3.05, 3.63) is 90.0 Å². The standard InChI is InChI=1S/C31H27F4N5O3S/c1-19(2)25-16-22(32)9-14-26(25)40-28(42)17-44-30(40)37-27(41)8-4-6-20-5-3-7-21(15-20)29-36-18-39(38-29)23-10-12-24(13-11-23)43-31(33,34)35/h3,5,7,9-16,18-19H,4,6,8,17H2,1-2H3. The Bertz CT molecular complexity index is 1700. The Morgan fingerprint density at radius 1 is 1.09 bits per heavy atom. The molecule has 0 atom stereocenters. The van der Waals surface area contributed by atoms with Gasteiger partial charge in [-0.2, -0.15) is 4.99 Å². The number of carbonyl (C=O) groups excluding carboxylic acids is 2. The minimum absolute atomic E-state index is 0.0379. The molecular weight excluding hydrogens is 598 g/mol. The summed E-state index contributed by atoms with van der Waals surface area (Å²) in [4.78, 5) is 35.4. The molecule has 0 aliphatic carbocycles. The number of alkyl halides is 3. The second kappa shape index (κ2) is 13.0. The van der Waals surface area contributed by atoms with Crippen LogP contribution in [-0.2, 0) is 16.0 Å². The number of halogens is 4. The lowest BCUT2D eigenvalue weighted by Crippen LogP contribution is -2.31. The highest BCUT2D eigenvalue weighted by atomic mass is 32.2. The molecule has 228 valence electrons. The van der Waals surface area contributed by atoms with Crippen LogP contribution in [-0.4, -0.2) is 43.9 Å². The third-order valence-electron chi connectivity index (χ3n) is 6.71. The smallest absolute Gasteiger partial charge is 0.406 e. The van der Waals surface area contributed by atoms with Crippen molar-refractivity contribution in [3.8, 4) is 22.8 Å². The van der Waals surface area contributed by atoms with Crippen molar-refractivity contribution in [3.63, 3.8) is 0 Å². The summed E-state index contributed by atoms with van der Waals surface area (Å²) in [6, 6.07) is 17.0. The van der Waals surface area contributed by atoms with Gasteiger partial charge in [0, 0.05) is 12.0 Å².